The van der Waals surface area contributed by atoms with E-state index < -0.39 is 0 Å². The van der Waals surface area contributed by atoms with E-state index in [1.807, 2.05) is 91.0 Å². The second-order valence-corrected chi connectivity index (χ2v) is 11.1. The zero-order valence-corrected chi connectivity index (χ0v) is 31.6. The summed E-state index contributed by atoms with van der Waals surface area (Å²) < 4.78 is 4.48. The molecular weight excluding hydrogens is 752 g/mol. The molecule has 0 aliphatic rings. The number of unbranched alkanes of at least 4 members (excludes halogenated alkanes) is 6. The summed E-state index contributed by atoms with van der Waals surface area (Å²) in [4.78, 5) is 47.8. The van der Waals surface area contributed by atoms with Crippen LogP contribution in [0.4, 0.5) is 5.69 Å². The van der Waals surface area contributed by atoms with Crippen LogP contribution < -0.4 is 17.1 Å². The van der Waals surface area contributed by atoms with Crippen LogP contribution in [0.15, 0.2) is 91.0 Å². The minimum absolute atomic E-state index is 0. The number of para-hydroxylation sites is 1. The van der Waals surface area contributed by atoms with Crippen molar-refractivity contribution in [2.24, 2.45) is 5.90 Å². The summed E-state index contributed by atoms with van der Waals surface area (Å²) in [5.74, 6) is 4.60. The number of rotatable bonds is 18. The number of nitrogens with two attached hydrogens (primary N) is 2. The second kappa shape index (κ2) is 36.8. The molecule has 0 bridgehead atoms. The fourth-order valence-electron chi connectivity index (χ4n) is 4.04. The number of hydroxylamine groups is 1. The molecule has 6 N–H and O–H groups in total. The number of esters is 1. The first-order valence-corrected chi connectivity index (χ1v) is 16.5. The largest absolute Gasteiger partial charge is 0.469 e. The average Bonchev–Trinajstić information content (AvgIpc) is 3.09. The molecule has 0 aromatic heterocycles. The van der Waals surface area contributed by atoms with E-state index in [2.05, 4.69) is 9.57 Å². The van der Waals surface area contributed by atoms with E-state index in [0.29, 0.717) is 38.7 Å². The van der Waals surface area contributed by atoms with Gasteiger partial charge in [-0.05, 0) is 60.5 Å². The molecule has 0 fully saturated rings. The van der Waals surface area contributed by atoms with Crippen molar-refractivity contribution in [2.45, 2.75) is 90.1 Å². The SMILES string of the molecule is COC(=O)CCCCCCC(=O)Cl.NOCc1ccccc1.Nc1ccccc1.O=C(CCCCCCC(=O)NO)Cc1ccccc1.[CH3-].[Pd]. The normalized spacial score (nSPS) is 9.28. The van der Waals surface area contributed by atoms with Crippen molar-refractivity contribution < 1.29 is 54.4 Å². The Balaban J connectivity index is -0.000000620. The quantitative estimate of drug-likeness (QED) is 0.0147. The number of carbonyl (C=O) groups excluding carboxylic acids is 4. The maximum absolute atomic E-state index is 11.7. The maximum Gasteiger partial charge on any atom is 0.305 e. The molecule has 3 rings (SSSR count). The van der Waals surface area contributed by atoms with Crippen LogP contribution in [0.2, 0.25) is 0 Å². The molecule has 50 heavy (non-hydrogen) atoms. The Morgan fingerprint density at radius 1 is 0.680 bits per heavy atom. The number of ketones is 1. The number of benzene rings is 3. The van der Waals surface area contributed by atoms with Crippen LogP contribution in [0.1, 0.15) is 88.2 Å². The number of nitrogens with one attached hydrogen (secondary N) is 1. The number of halogens is 1. The molecule has 1 amide bonds. The van der Waals surface area contributed by atoms with Gasteiger partial charge in [0.1, 0.15) is 5.78 Å². The summed E-state index contributed by atoms with van der Waals surface area (Å²) in [5.41, 5.74) is 9.95. The monoisotopic (exact) mass is 806 g/mol. The van der Waals surface area contributed by atoms with Gasteiger partial charge in [-0.1, -0.05) is 105 Å². The standard InChI is InChI=1S/C15H21NO3.C9H15ClO3.C7H9NO.C6H7N.CH3.Pd/c17-14(12-13-8-4-3-5-9-13)10-6-1-2-7-11-15(18)16-19;1-13-9(12)7-5-3-2-4-6-8(10)11;8-9-6-7-4-2-1-3-5-7;7-6-4-2-1-3-5-6;;/h3-5,8-9,19H,1-2,6-7,10-12H2,(H,16,18);2-7H2,1H3;1-5H,6,8H2;1-5H,7H2;1H3;/q;;;;-1;. The van der Waals surface area contributed by atoms with Gasteiger partial charge in [0, 0.05) is 58.2 Å². The van der Waals surface area contributed by atoms with Crippen LogP contribution in [0.3, 0.4) is 0 Å². The Labute approximate surface area is 317 Å². The number of hydrogen-bond acceptors (Lipinski definition) is 9. The molecule has 3 aromatic carbocycles. The number of anilines is 1. The van der Waals surface area contributed by atoms with E-state index >= 15 is 0 Å². The van der Waals surface area contributed by atoms with Crippen molar-refractivity contribution in [1.29, 1.82) is 0 Å². The number of nitrogen functional groups attached to an aromatic ring is 1. The van der Waals surface area contributed by atoms with E-state index in [-0.39, 0.29) is 50.8 Å². The molecule has 0 radical (unpaired) electrons. The number of Topliss-reactive ketones (excluding diaryl/α,β-unsaturated/α-hetero) is 1. The van der Waals surface area contributed by atoms with E-state index in [4.69, 9.17) is 28.4 Å². The van der Waals surface area contributed by atoms with Crippen molar-refractivity contribution in [2.75, 3.05) is 12.8 Å². The van der Waals surface area contributed by atoms with Crippen LogP contribution in [0.25, 0.3) is 0 Å². The topological polar surface area (TPSA) is 171 Å². The van der Waals surface area contributed by atoms with Gasteiger partial charge in [0.25, 0.3) is 0 Å². The summed E-state index contributed by atoms with van der Waals surface area (Å²) in [6, 6.07) is 29.0. The van der Waals surface area contributed by atoms with Gasteiger partial charge in [-0.2, -0.15) is 0 Å². The minimum Gasteiger partial charge on any atom is -0.469 e. The number of methoxy groups -OCH3 is 1. The van der Waals surface area contributed by atoms with E-state index in [1.165, 1.54) is 7.11 Å². The van der Waals surface area contributed by atoms with Crippen LogP contribution in [0, 0.1) is 7.43 Å². The van der Waals surface area contributed by atoms with Gasteiger partial charge in [-0.3, -0.25) is 29.2 Å². The molecule has 0 saturated carbocycles. The predicted octanol–water partition coefficient (Wildman–Crippen LogP) is 7.70. The van der Waals surface area contributed by atoms with Gasteiger partial charge >= 0.3 is 5.97 Å². The van der Waals surface area contributed by atoms with E-state index in [1.54, 1.807) is 5.48 Å². The van der Waals surface area contributed by atoms with Crippen LogP contribution in [0.5, 0.6) is 0 Å². The first kappa shape index (κ1) is 50.9. The molecule has 0 heterocycles. The number of carbonyl (C=O) groups is 4. The van der Waals surface area contributed by atoms with Crippen molar-refractivity contribution >= 4 is 40.2 Å². The van der Waals surface area contributed by atoms with Gasteiger partial charge in [0.15, 0.2) is 0 Å². The fraction of sp³-hybridized carbons (Fsp3) is 0.395. The molecule has 3 aromatic rings. The zero-order chi connectivity index (χ0) is 35.7. The Bertz CT molecular complexity index is 1240. The molecule has 0 aliphatic carbocycles. The number of amides is 1. The predicted molar refractivity (Wildman–Crippen MR) is 196 cm³/mol. The zero-order valence-electron chi connectivity index (χ0n) is 29.3. The van der Waals surface area contributed by atoms with Gasteiger partial charge in [-0.25, -0.2) is 11.4 Å². The molecule has 0 unspecified atom stereocenters. The summed E-state index contributed by atoms with van der Waals surface area (Å²) in [5, 5.41) is 8.02. The third-order valence-corrected chi connectivity index (χ3v) is 6.79. The third-order valence-electron chi connectivity index (χ3n) is 6.60. The average molecular weight is 808 g/mol. The van der Waals surface area contributed by atoms with Crippen molar-refractivity contribution in [3.8, 4) is 0 Å². The first-order chi connectivity index (χ1) is 23.2. The van der Waals surface area contributed by atoms with Crippen molar-refractivity contribution in [1.82, 2.24) is 5.48 Å². The van der Waals surface area contributed by atoms with Gasteiger partial charge in [0.05, 0.1) is 13.7 Å². The number of hydrogen-bond donors (Lipinski definition) is 4. The molecule has 12 heteroatoms. The van der Waals surface area contributed by atoms with E-state index in [9.17, 15) is 19.2 Å². The Morgan fingerprint density at radius 3 is 1.54 bits per heavy atom. The fourth-order valence-corrected chi connectivity index (χ4v) is 4.18. The van der Waals surface area contributed by atoms with Crippen LogP contribution in [-0.2, 0) is 62.2 Å². The number of ether oxygens (including phenoxy) is 1. The minimum atomic E-state index is -0.347. The van der Waals surface area contributed by atoms with Crippen LogP contribution >= 0.6 is 11.6 Å². The molecular formula is C38H55ClN3O7Pd-. The van der Waals surface area contributed by atoms with Crippen LogP contribution in [-0.4, -0.2) is 35.2 Å². The molecule has 282 valence electrons. The molecule has 0 aliphatic heterocycles. The van der Waals surface area contributed by atoms with Gasteiger partial charge in [-0.15, -0.1) is 0 Å². The van der Waals surface area contributed by atoms with Crippen molar-refractivity contribution in [3.05, 3.63) is 110 Å². The van der Waals surface area contributed by atoms with E-state index in [0.717, 1.165) is 68.2 Å². The summed E-state index contributed by atoms with van der Waals surface area (Å²) in [6.45, 7) is 0.487. The Morgan fingerprint density at radius 2 is 1.12 bits per heavy atom. The van der Waals surface area contributed by atoms with Gasteiger partial charge in [0.2, 0.25) is 11.1 Å². The Hall–Kier alpha value is -3.43. The molecule has 0 spiro atoms. The second-order valence-electron chi connectivity index (χ2n) is 10.7. The summed E-state index contributed by atoms with van der Waals surface area (Å²) in [6.07, 6.45) is 9.33. The van der Waals surface area contributed by atoms with Gasteiger partial charge < -0.3 is 17.9 Å². The third kappa shape index (κ3) is 34.4. The first-order valence-electron chi connectivity index (χ1n) is 16.1. The van der Waals surface area contributed by atoms with Crippen molar-refractivity contribution in [3.63, 3.8) is 0 Å². The summed E-state index contributed by atoms with van der Waals surface area (Å²) >= 11 is 5.15. The smallest absolute Gasteiger partial charge is 0.305 e. The molecule has 0 saturated heterocycles. The Kier molecular flexibility index (Phi) is 37.5. The molecule has 10 nitrogen and oxygen atoms in total. The summed E-state index contributed by atoms with van der Waals surface area (Å²) in [7, 11) is 1.38. The maximum atomic E-state index is 11.7. The molecule has 0 atom stereocenters.